The lowest BCUT2D eigenvalue weighted by Gasteiger charge is -2.02. The average molecular weight is 280 g/mol. The van der Waals surface area contributed by atoms with Gasteiger partial charge in [0.05, 0.1) is 0 Å². The molecule has 2 rings (SSSR count). The summed E-state index contributed by atoms with van der Waals surface area (Å²) in [5.74, 6) is -0.00699. The fraction of sp³-hybridized carbons (Fsp3) is 0.143. The van der Waals surface area contributed by atoms with Crippen molar-refractivity contribution in [3.63, 3.8) is 0 Å². The number of hydrogen-bond acceptors (Lipinski definition) is 2. The molecule has 0 amide bonds. The van der Waals surface area contributed by atoms with Gasteiger partial charge in [-0.15, -0.1) is 0 Å². The number of hydrogen-bond donors (Lipinski definition) is 0. The van der Waals surface area contributed by atoms with Crippen molar-refractivity contribution in [2.75, 3.05) is 0 Å². The number of nitrogens with zero attached hydrogens (tertiary/aromatic N) is 1. The van der Waals surface area contributed by atoms with Crippen molar-refractivity contribution in [2.45, 2.75) is 12.8 Å². The number of carbonyl (C=O) groups excluding carboxylic acids is 1. The smallest absolute Gasteiger partial charge is 0.181 e. The fourth-order valence-corrected chi connectivity index (χ4v) is 1.89. The topological polar surface area (TPSA) is 30.0 Å². The Morgan fingerprint density at radius 1 is 1.06 bits per heavy atom. The van der Waals surface area contributed by atoms with Crippen LogP contribution in [0.4, 0.5) is 0 Å². The van der Waals surface area contributed by atoms with Gasteiger partial charge in [-0.3, -0.25) is 4.79 Å². The standard InChI is InChI=1S/C14H11Cl2NO/c15-11-7-4-10(5-8-11)6-9-13(18)12-2-1-3-14(16)17-12/h1-5,7-8H,6,9H2. The van der Waals surface area contributed by atoms with Crippen molar-refractivity contribution in [1.29, 1.82) is 0 Å². The molecule has 0 radical (unpaired) electrons. The van der Waals surface area contributed by atoms with E-state index in [0.29, 0.717) is 28.7 Å². The molecule has 0 fully saturated rings. The van der Waals surface area contributed by atoms with Gasteiger partial charge in [0.1, 0.15) is 10.8 Å². The van der Waals surface area contributed by atoms with Crippen LogP contribution in [-0.4, -0.2) is 10.8 Å². The van der Waals surface area contributed by atoms with E-state index in [1.807, 2.05) is 24.3 Å². The van der Waals surface area contributed by atoms with Crippen LogP contribution in [0.3, 0.4) is 0 Å². The summed E-state index contributed by atoms with van der Waals surface area (Å²) >= 11 is 11.5. The molecular weight excluding hydrogens is 269 g/mol. The highest BCUT2D eigenvalue weighted by atomic mass is 35.5. The molecule has 4 heteroatoms. The first-order valence-electron chi connectivity index (χ1n) is 5.55. The quantitative estimate of drug-likeness (QED) is 0.620. The molecule has 0 saturated heterocycles. The number of pyridine rings is 1. The number of benzene rings is 1. The number of aromatic nitrogens is 1. The lowest BCUT2D eigenvalue weighted by atomic mass is 10.1. The average Bonchev–Trinajstić information content (AvgIpc) is 2.38. The molecule has 0 spiro atoms. The summed E-state index contributed by atoms with van der Waals surface area (Å²) < 4.78 is 0. The zero-order valence-electron chi connectivity index (χ0n) is 9.57. The number of halogens is 2. The molecule has 92 valence electrons. The Kier molecular flexibility index (Phi) is 4.34. The van der Waals surface area contributed by atoms with E-state index in [4.69, 9.17) is 23.2 Å². The van der Waals surface area contributed by atoms with Crippen LogP contribution in [0.15, 0.2) is 42.5 Å². The highest BCUT2D eigenvalue weighted by Gasteiger charge is 2.08. The Hall–Kier alpha value is -1.38. The largest absolute Gasteiger partial charge is 0.292 e. The summed E-state index contributed by atoms with van der Waals surface area (Å²) in [6.45, 7) is 0. The number of rotatable bonds is 4. The SMILES string of the molecule is O=C(CCc1ccc(Cl)cc1)c1cccc(Cl)n1. The number of ketones is 1. The second kappa shape index (κ2) is 5.98. The van der Waals surface area contributed by atoms with Crippen LogP contribution in [-0.2, 0) is 6.42 Å². The Labute approximate surface area is 116 Å². The first-order chi connectivity index (χ1) is 8.65. The lowest BCUT2D eigenvalue weighted by molar-refractivity contribution is 0.0978. The third kappa shape index (κ3) is 3.56. The van der Waals surface area contributed by atoms with E-state index in [-0.39, 0.29) is 5.78 Å². The van der Waals surface area contributed by atoms with Gasteiger partial charge in [0.15, 0.2) is 5.78 Å². The molecule has 0 aliphatic heterocycles. The van der Waals surface area contributed by atoms with Crippen LogP contribution >= 0.6 is 23.2 Å². The molecule has 0 N–H and O–H groups in total. The van der Waals surface area contributed by atoms with Crippen LogP contribution in [0.1, 0.15) is 22.5 Å². The van der Waals surface area contributed by atoms with E-state index in [9.17, 15) is 4.79 Å². The van der Waals surface area contributed by atoms with Gasteiger partial charge in [-0.2, -0.15) is 0 Å². The second-order valence-electron chi connectivity index (χ2n) is 3.90. The zero-order valence-corrected chi connectivity index (χ0v) is 11.1. The van der Waals surface area contributed by atoms with Gasteiger partial charge in [-0.25, -0.2) is 4.98 Å². The van der Waals surface area contributed by atoms with Gasteiger partial charge in [0.25, 0.3) is 0 Å². The molecule has 1 aromatic heterocycles. The van der Waals surface area contributed by atoms with Crippen molar-refractivity contribution in [3.05, 3.63) is 63.9 Å². The van der Waals surface area contributed by atoms with E-state index in [0.717, 1.165) is 5.56 Å². The van der Waals surface area contributed by atoms with Crippen LogP contribution < -0.4 is 0 Å². The zero-order chi connectivity index (χ0) is 13.0. The maximum atomic E-state index is 11.9. The van der Waals surface area contributed by atoms with Crippen LogP contribution in [0, 0.1) is 0 Å². The minimum Gasteiger partial charge on any atom is -0.292 e. The molecule has 0 aliphatic rings. The van der Waals surface area contributed by atoms with Gasteiger partial charge in [0, 0.05) is 11.4 Å². The van der Waals surface area contributed by atoms with Crippen molar-refractivity contribution in [1.82, 2.24) is 4.98 Å². The van der Waals surface area contributed by atoms with Gasteiger partial charge in [-0.05, 0) is 36.2 Å². The highest BCUT2D eigenvalue weighted by molar-refractivity contribution is 6.30. The van der Waals surface area contributed by atoms with E-state index >= 15 is 0 Å². The van der Waals surface area contributed by atoms with Crippen LogP contribution in [0.2, 0.25) is 10.2 Å². The minimum atomic E-state index is -0.00699. The van der Waals surface area contributed by atoms with Crippen molar-refractivity contribution >= 4 is 29.0 Å². The lowest BCUT2D eigenvalue weighted by Crippen LogP contribution is -2.03. The number of aryl methyl sites for hydroxylation is 1. The van der Waals surface area contributed by atoms with Crippen molar-refractivity contribution < 1.29 is 4.79 Å². The first-order valence-corrected chi connectivity index (χ1v) is 6.31. The molecule has 2 nitrogen and oxygen atoms in total. The van der Waals surface area contributed by atoms with Crippen LogP contribution in [0.25, 0.3) is 0 Å². The van der Waals surface area contributed by atoms with E-state index in [1.54, 1.807) is 18.2 Å². The minimum absolute atomic E-state index is 0.00699. The first kappa shape index (κ1) is 13.1. The Morgan fingerprint density at radius 3 is 2.44 bits per heavy atom. The predicted octanol–water partition coefficient (Wildman–Crippen LogP) is 4.20. The predicted molar refractivity (Wildman–Crippen MR) is 73.4 cm³/mol. The maximum Gasteiger partial charge on any atom is 0.181 e. The van der Waals surface area contributed by atoms with E-state index in [1.165, 1.54) is 0 Å². The molecule has 1 aromatic carbocycles. The molecule has 0 saturated carbocycles. The van der Waals surface area contributed by atoms with Gasteiger partial charge >= 0.3 is 0 Å². The fourth-order valence-electron chi connectivity index (χ4n) is 1.60. The molecule has 18 heavy (non-hydrogen) atoms. The van der Waals surface area contributed by atoms with Gasteiger partial charge < -0.3 is 0 Å². The molecule has 0 bridgehead atoms. The summed E-state index contributed by atoms with van der Waals surface area (Å²) in [7, 11) is 0. The highest BCUT2D eigenvalue weighted by Crippen LogP contribution is 2.13. The summed E-state index contributed by atoms with van der Waals surface area (Å²) in [5, 5.41) is 1.04. The summed E-state index contributed by atoms with van der Waals surface area (Å²) in [5.41, 5.74) is 1.49. The Morgan fingerprint density at radius 2 is 1.78 bits per heavy atom. The van der Waals surface area contributed by atoms with Gasteiger partial charge in [-0.1, -0.05) is 41.4 Å². The third-order valence-corrected chi connectivity index (χ3v) is 3.02. The Balaban J connectivity index is 1.98. The summed E-state index contributed by atoms with van der Waals surface area (Å²) in [6, 6.07) is 12.5. The molecule has 2 aromatic rings. The monoisotopic (exact) mass is 279 g/mol. The molecular formula is C14H11Cl2NO. The normalized spacial score (nSPS) is 10.3. The van der Waals surface area contributed by atoms with Crippen LogP contribution in [0.5, 0.6) is 0 Å². The van der Waals surface area contributed by atoms with E-state index < -0.39 is 0 Å². The summed E-state index contributed by atoms with van der Waals surface area (Å²) in [6.07, 6.45) is 1.08. The summed E-state index contributed by atoms with van der Waals surface area (Å²) in [4.78, 5) is 15.9. The number of Topliss-reactive ketones (excluding diaryl/α,β-unsaturated/α-hetero) is 1. The molecule has 1 heterocycles. The van der Waals surface area contributed by atoms with Gasteiger partial charge in [0.2, 0.25) is 0 Å². The molecule has 0 aliphatic carbocycles. The van der Waals surface area contributed by atoms with Crippen molar-refractivity contribution in [3.8, 4) is 0 Å². The van der Waals surface area contributed by atoms with Crippen molar-refractivity contribution in [2.24, 2.45) is 0 Å². The molecule has 0 atom stereocenters. The molecule has 0 unspecified atom stereocenters. The Bertz CT molecular complexity index is 552. The number of carbonyl (C=O) groups is 1. The van der Waals surface area contributed by atoms with E-state index in [2.05, 4.69) is 4.98 Å². The second-order valence-corrected chi connectivity index (χ2v) is 4.72. The third-order valence-electron chi connectivity index (χ3n) is 2.55. The maximum absolute atomic E-state index is 11.9.